The summed E-state index contributed by atoms with van der Waals surface area (Å²) in [5, 5.41) is 2.97. The molecular formula is C13H15NO3. The molecule has 1 atom stereocenters. The SMILES string of the molecule is O=C1CCC(Cc2ccc3c(c2)OCCO3)N1. The van der Waals surface area contributed by atoms with E-state index in [9.17, 15) is 4.79 Å². The second-order valence-corrected chi connectivity index (χ2v) is 4.49. The molecule has 1 saturated heterocycles. The van der Waals surface area contributed by atoms with Crippen molar-refractivity contribution < 1.29 is 14.3 Å². The summed E-state index contributed by atoms with van der Waals surface area (Å²) >= 11 is 0. The second kappa shape index (κ2) is 4.28. The normalized spacial score (nSPS) is 22.4. The second-order valence-electron chi connectivity index (χ2n) is 4.49. The number of rotatable bonds is 2. The van der Waals surface area contributed by atoms with Crippen LogP contribution in [-0.4, -0.2) is 25.2 Å². The van der Waals surface area contributed by atoms with E-state index >= 15 is 0 Å². The summed E-state index contributed by atoms with van der Waals surface area (Å²) in [6.45, 7) is 1.22. The zero-order chi connectivity index (χ0) is 11.7. The number of carbonyl (C=O) groups excluding carboxylic acids is 1. The highest BCUT2D eigenvalue weighted by atomic mass is 16.6. The van der Waals surface area contributed by atoms with Crippen LogP contribution in [0.1, 0.15) is 18.4 Å². The first kappa shape index (κ1) is 10.4. The highest BCUT2D eigenvalue weighted by Gasteiger charge is 2.21. The zero-order valence-electron chi connectivity index (χ0n) is 9.57. The largest absolute Gasteiger partial charge is 0.486 e. The van der Waals surface area contributed by atoms with Crippen LogP contribution >= 0.6 is 0 Å². The number of ether oxygens (including phenoxy) is 2. The summed E-state index contributed by atoms with van der Waals surface area (Å²) < 4.78 is 11.0. The highest BCUT2D eigenvalue weighted by Crippen LogP contribution is 2.31. The molecule has 1 aromatic carbocycles. The van der Waals surface area contributed by atoms with Gasteiger partial charge in [0.25, 0.3) is 0 Å². The van der Waals surface area contributed by atoms with E-state index in [1.54, 1.807) is 0 Å². The van der Waals surface area contributed by atoms with E-state index < -0.39 is 0 Å². The maximum atomic E-state index is 11.1. The molecule has 4 heteroatoms. The molecule has 0 aromatic heterocycles. The first-order valence-electron chi connectivity index (χ1n) is 5.99. The molecule has 1 amide bonds. The van der Waals surface area contributed by atoms with Crippen molar-refractivity contribution >= 4 is 5.91 Å². The quantitative estimate of drug-likeness (QED) is 0.837. The van der Waals surface area contributed by atoms with Crippen LogP contribution in [0, 0.1) is 0 Å². The van der Waals surface area contributed by atoms with Gasteiger partial charge in [-0.2, -0.15) is 0 Å². The molecule has 3 rings (SSSR count). The van der Waals surface area contributed by atoms with Gasteiger partial charge in [-0.3, -0.25) is 4.79 Å². The van der Waals surface area contributed by atoms with Crippen LogP contribution in [0.25, 0.3) is 0 Å². The molecule has 90 valence electrons. The first-order valence-corrected chi connectivity index (χ1v) is 5.99. The third-order valence-electron chi connectivity index (χ3n) is 3.17. The van der Waals surface area contributed by atoms with Crippen LogP contribution in [0.3, 0.4) is 0 Å². The molecule has 2 aliphatic rings. The van der Waals surface area contributed by atoms with Gasteiger partial charge in [0.05, 0.1) is 0 Å². The van der Waals surface area contributed by atoms with E-state index in [-0.39, 0.29) is 11.9 Å². The molecule has 0 saturated carbocycles. The lowest BCUT2D eigenvalue weighted by atomic mass is 10.0. The van der Waals surface area contributed by atoms with Crippen molar-refractivity contribution in [3.63, 3.8) is 0 Å². The summed E-state index contributed by atoms with van der Waals surface area (Å²) in [4.78, 5) is 11.1. The molecule has 0 bridgehead atoms. The average Bonchev–Trinajstić information content (AvgIpc) is 2.75. The minimum atomic E-state index is 0.160. The van der Waals surface area contributed by atoms with Gasteiger partial charge in [0.15, 0.2) is 11.5 Å². The number of hydrogen-bond donors (Lipinski definition) is 1. The van der Waals surface area contributed by atoms with Gasteiger partial charge in [-0.1, -0.05) is 6.07 Å². The van der Waals surface area contributed by atoms with Gasteiger partial charge in [0.2, 0.25) is 5.91 Å². The monoisotopic (exact) mass is 233 g/mol. The summed E-state index contributed by atoms with van der Waals surface area (Å²) in [7, 11) is 0. The average molecular weight is 233 g/mol. The Hall–Kier alpha value is -1.71. The standard InChI is InChI=1S/C13H15NO3/c15-13-4-2-10(14-13)7-9-1-3-11-12(8-9)17-6-5-16-11/h1,3,8,10H,2,4-7H2,(H,14,15). The lowest BCUT2D eigenvalue weighted by Gasteiger charge is -2.19. The van der Waals surface area contributed by atoms with Crippen molar-refractivity contribution in [1.29, 1.82) is 0 Å². The molecule has 17 heavy (non-hydrogen) atoms. The number of amides is 1. The maximum absolute atomic E-state index is 11.1. The van der Waals surface area contributed by atoms with E-state index in [1.807, 2.05) is 18.2 Å². The van der Waals surface area contributed by atoms with Gasteiger partial charge in [-0.25, -0.2) is 0 Å². The molecule has 1 N–H and O–H groups in total. The minimum Gasteiger partial charge on any atom is -0.486 e. The van der Waals surface area contributed by atoms with E-state index in [1.165, 1.54) is 5.56 Å². The van der Waals surface area contributed by atoms with E-state index in [4.69, 9.17) is 9.47 Å². The van der Waals surface area contributed by atoms with Gasteiger partial charge in [-0.15, -0.1) is 0 Å². The lowest BCUT2D eigenvalue weighted by molar-refractivity contribution is -0.119. The Morgan fingerprint density at radius 3 is 2.82 bits per heavy atom. The Balaban J connectivity index is 1.73. The van der Waals surface area contributed by atoms with Crippen molar-refractivity contribution in [1.82, 2.24) is 5.32 Å². The fourth-order valence-corrected chi connectivity index (χ4v) is 2.33. The van der Waals surface area contributed by atoms with Crippen molar-refractivity contribution in [2.75, 3.05) is 13.2 Å². The predicted octanol–water partition coefficient (Wildman–Crippen LogP) is 1.28. The molecule has 1 aromatic rings. The molecular weight excluding hydrogens is 218 g/mol. The Labute approximate surface area is 99.9 Å². The molecule has 2 aliphatic heterocycles. The van der Waals surface area contributed by atoms with Crippen molar-refractivity contribution in [3.05, 3.63) is 23.8 Å². The van der Waals surface area contributed by atoms with Crippen LogP contribution in [0.15, 0.2) is 18.2 Å². The molecule has 4 nitrogen and oxygen atoms in total. The summed E-state index contributed by atoms with van der Waals surface area (Å²) in [5.41, 5.74) is 1.18. The van der Waals surface area contributed by atoms with Crippen LogP contribution in [-0.2, 0) is 11.2 Å². The molecule has 1 unspecified atom stereocenters. The zero-order valence-corrected chi connectivity index (χ0v) is 9.57. The third-order valence-corrected chi connectivity index (χ3v) is 3.17. The van der Waals surface area contributed by atoms with E-state index in [0.29, 0.717) is 19.6 Å². The number of fused-ring (bicyclic) bond motifs is 1. The smallest absolute Gasteiger partial charge is 0.220 e. The van der Waals surface area contributed by atoms with Gasteiger partial charge in [0, 0.05) is 12.5 Å². The summed E-state index contributed by atoms with van der Waals surface area (Å²) in [5.74, 6) is 1.79. The number of nitrogens with one attached hydrogen (secondary N) is 1. The van der Waals surface area contributed by atoms with Crippen molar-refractivity contribution in [3.8, 4) is 11.5 Å². The van der Waals surface area contributed by atoms with Crippen LogP contribution < -0.4 is 14.8 Å². The fourth-order valence-electron chi connectivity index (χ4n) is 2.33. The minimum absolute atomic E-state index is 0.160. The Bertz CT molecular complexity index is 444. The molecule has 1 fully saturated rings. The van der Waals surface area contributed by atoms with Crippen molar-refractivity contribution in [2.24, 2.45) is 0 Å². The molecule has 0 aliphatic carbocycles. The number of hydrogen-bond acceptors (Lipinski definition) is 3. The van der Waals surface area contributed by atoms with E-state index in [0.717, 1.165) is 24.3 Å². The molecule has 0 spiro atoms. The van der Waals surface area contributed by atoms with Gasteiger partial charge < -0.3 is 14.8 Å². The molecule has 0 radical (unpaired) electrons. The summed E-state index contributed by atoms with van der Waals surface area (Å²) in [6, 6.07) is 6.27. The number of carbonyl (C=O) groups is 1. The van der Waals surface area contributed by atoms with Gasteiger partial charge in [-0.05, 0) is 30.5 Å². The highest BCUT2D eigenvalue weighted by molar-refractivity contribution is 5.78. The maximum Gasteiger partial charge on any atom is 0.220 e. The molecule has 2 heterocycles. The Kier molecular flexibility index (Phi) is 2.63. The third kappa shape index (κ3) is 2.20. The van der Waals surface area contributed by atoms with Crippen molar-refractivity contribution in [2.45, 2.75) is 25.3 Å². The Morgan fingerprint density at radius 2 is 2.06 bits per heavy atom. The Morgan fingerprint density at radius 1 is 1.24 bits per heavy atom. The van der Waals surface area contributed by atoms with E-state index in [2.05, 4.69) is 5.32 Å². The topological polar surface area (TPSA) is 47.6 Å². The lowest BCUT2D eigenvalue weighted by Crippen LogP contribution is -2.27. The van der Waals surface area contributed by atoms with Crippen LogP contribution in [0.4, 0.5) is 0 Å². The van der Waals surface area contributed by atoms with Crippen LogP contribution in [0.5, 0.6) is 11.5 Å². The van der Waals surface area contributed by atoms with Crippen LogP contribution in [0.2, 0.25) is 0 Å². The van der Waals surface area contributed by atoms with Gasteiger partial charge in [0.1, 0.15) is 13.2 Å². The summed E-state index contributed by atoms with van der Waals surface area (Å²) in [6.07, 6.45) is 2.44. The van der Waals surface area contributed by atoms with Gasteiger partial charge >= 0.3 is 0 Å². The fraction of sp³-hybridized carbons (Fsp3) is 0.462. The number of benzene rings is 1. The predicted molar refractivity (Wildman–Crippen MR) is 62.3 cm³/mol. The first-order chi connectivity index (χ1) is 8.31.